The molecule has 2 N–H and O–H groups in total. The second kappa shape index (κ2) is 3.26. The van der Waals surface area contributed by atoms with Crippen molar-refractivity contribution in [2.24, 2.45) is 5.41 Å². The second-order valence-corrected chi connectivity index (χ2v) is 6.98. The summed E-state index contributed by atoms with van der Waals surface area (Å²) in [6.45, 7) is 6.96. The summed E-state index contributed by atoms with van der Waals surface area (Å²) >= 11 is 0. The number of rotatable bonds is 2. The van der Waals surface area contributed by atoms with Gasteiger partial charge in [0.05, 0.1) is 12.2 Å². The summed E-state index contributed by atoms with van der Waals surface area (Å²) in [5.74, 6) is -0.168. The van der Waals surface area contributed by atoms with Crippen LogP contribution in [0.5, 0.6) is 0 Å². The van der Waals surface area contributed by atoms with Gasteiger partial charge in [-0.2, -0.15) is 0 Å². The number of esters is 1. The van der Waals surface area contributed by atoms with E-state index in [1.165, 1.54) is 0 Å². The van der Waals surface area contributed by atoms with Crippen LogP contribution in [0.4, 0.5) is 0 Å². The lowest BCUT2D eigenvalue weighted by Crippen LogP contribution is -2.69. The molecule has 0 aromatic rings. The van der Waals surface area contributed by atoms with Crippen molar-refractivity contribution in [3.63, 3.8) is 0 Å². The third kappa shape index (κ3) is 1.35. The zero-order valence-corrected chi connectivity index (χ0v) is 11.2. The molecule has 2 bridgehead atoms. The van der Waals surface area contributed by atoms with E-state index in [0.29, 0.717) is 25.9 Å². The Morgan fingerprint density at radius 3 is 2.39 bits per heavy atom. The molecule has 5 nitrogen and oxygen atoms in total. The van der Waals surface area contributed by atoms with Crippen LogP contribution in [-0.2, 0) is 14.3 Å². The molecule has 0 amide bonds. The highest BCUT2D eigenvalue weighted by molar-refractivity contribution is 5.82. The number of ether oxygens (including phenoxy) is 2. The van der Waals surface area contributed by atoms with Crippen LogP contribution in [0.1, 0.15) is 33.6 Å². The Hall–Kier alpha value is -0.650. The number of aliphatic hydroxyl groups is 1. The Kier molecular flexibility index (Phi) is 2.25. The third-order valence-electron chi connectivity index (χ3n) is 4.43. The highest BCUT2D eigenvalue weighted by Gasteiger charge is 2.80. The molecule has 3 aliphatic heterocycles. The summed E-state index contributed by atoms with van der Waals surface area (Å²) in [6, 6.07) is 0. The molecular weight excluding hydrogens is 234 g/mol. The fraction of sp³-hybridized carbons (Fsp3) is 0.923. The van der Waals surface area contributed by atoms with E-state index in [4.69, 9.17) is 9.47 Å². The van der Waals surface area contributed by atoms with Crippen LogP contribution < -0.4 is 5.32 Å². The lowest BCUT2D eigenvalue weighted by molar-refractivity contribution is -0.179. The van der Waals surface area contributed by atoms with Gasteiger partial charge in [-0.05, 0) is 33.6 Å². The monoisotopic (exact) mass is 255 g/mol. The van der Waals surface area contributed by atoms with Crippen LogP contribution >= 0.6 is 0 Å². The summed E-state index contributed by atoms with van der Waals surface area (Å²) < 4.78 is 11.6. The molecule has 102 valence electrons. The molecule has 4 rings (SSSR count). The quantitative estimate of drug-likeness (QED) is 0.691. The molecule has 3 heterocycles. The van der Waals surface area contributed by atoms with Crippen LogP contribution in [0.25, 0.3) is 0 Å². The molecule has 5 heteroatoms. The Labute approximate surface area is 107 Å². The predicted octanol–water partition coefficient (Wildman–Crippen LogP) is 0.212. The smallest absolute Gasteiger partial charge is 0.315 e. The summed E-state index contributed by atoms with van der Waals surface area (Å²) in [6.07, 6.45) is 1.18. The first-order valence-electron chi connectivity index (χ1n) is 6.52. The lowest BCUT2D eigenvalue weighted by Gasteiger charge is -2.49. The SMILES string of the molecule is CC(C)(C)OC(=O)C12CC(CO)(C1)OC21CNC1. The number of carbonyl (C=O) groups excluding carboxylic acids is 1. The predicted molar refractivity (Wildman–Crippen MR) is 64.0 cm³/mol. The summed E-state index contributed by atoms with van der Waals surface area (Å²) in [7, 11) is 0. The summed E-state index contributed by atoms with van der Waals surface area (Å²) in [4.78, 5) is 12.5. The van der Waals surface area contributed by atoms with Gasteiger partial charge in [0.25, 0.3) is 0 Å². The Balaban J connectivity index is 1.85. The van der Waals surface area contributed by atoms with Crippen molar-refractivity contribution in [3.8, 4) is 0 Å². The average molecular weight is 255 g/mol. The van der Waals surface area contributed by atoms with E-state index in [1.54, 1.807) is 0 Å². The Bertz CT molecular complexity index is 388. The molecule has 0 aromatic carbocycles. The third-order valence-corrected chi connectivity index (χ3v) is 4.43. The Morgan fingerprint density at radius 2 is 2.00 bits per heavy atom. The largest absolute Gasteiger partial charge is 0.459 e. The zero-order valence-electron chi connectivity index (χ0n) is 11.2. The topological polar surface area (TPSA) is 67.8 Å². The molecule has 4 fully saturated rings. The van der Waals surface area contributed by atoms with Crippen molar-refractivity contribution >= 4 is 5.97 Å². The maximum atomic E-state index is 12.5. The molecular formula is C13H21NO4. The maximum absolute atomic E-state index is 12.5. The first-order valence-corrected chi connectivity index (χ1v) is 6.52. The maximum Gasteiger partial charge on any atom is 0.315 e. The number of carbonyl (C=O) groups is 1. The van der Waals surface area contributed by atoms with E-state index in [2.05, 4.69) is 5.32 Å². The van der Waals surface area contributed by atoms with Crippen molar-refractivity contribution in [1.29, 1.82) is 0 Å². The lowest BCUT2D eigenvalue weighted by atomic mass is 9.54. The van der Waals surface area contributed by atoms with Crippen molar-refractivity contribution < 1.29 is 19.4 Å². The molecule has 18 heavy (non-hydrogen) atoms. The van der Waals surface area contributed by atoms with Gasteiger partial charge >= 0.3 is 5.97 Å². The first kappa shape index (κ1) is 12.4. The highest BCUT2D eigenvalue weighted by atomic mass is 16.6. The normalized spacial score (nSPS) is 40.2. The van der Waals surface area contributed by atoms with Crippen molar-refractivity contribution in [2.75, 3.05) is 19.7 Å². The van der Waals surface area contributed by atoms with Gasteiger partial charge in [0.15, 0.2) is 0 Å². The van der Waals surface area contributed by atoms with Crippen molar-refractivity contribution in [1.82, 2.24) is 5.32 Å². The number of hydrogen-bond donors (Lipinski definition) is 2. The van der Waals surface area contributed by atoms with Gasteiger partial charge in [0, 0.05) is 13.1 Å². The molecule has 0 atom stereocenters. The molecule has 4 aliphatic rings. The van der Waals surface area contributed by atoms with Gasteiger partial charge in [-0.1, -0.05) is 0 Å². The van der Waals surface area contributed by atoms with Crippen LogP contribution in [-0.4, -0.2) is 47.6 Å². The first-order chi connectivity index (χ1) is 8.27. The van der Waals surface area contributed by atoms with Gasteiger partial charge in [-0.3, -0.25) is 4.79 Å². The van der Waals surface area contributed by atoms with E-state index in [0.717, 1.165) is 0 Å². The minimum absolute atomic E-state index is 0.0146. The van der Waals surface area contributed by atoms with E-state index in [1.807, 2.05) is 20.8 Å². The molecule has 0 radical (unpaired) electrons. The van der Waals surface area contributed by atoms with E-state index < -0.39 is 22.2 Å². The van der Waals surface area contributed by atoms with Gasteiger partial charge in [-0.15, -0.1) is 0 Å². The van der Waals surface area contributed by atoms with Crippen LogP contribution in [0.3, 0.4) is 0 Å². The molecule has 1 spiro atoms. The standard InChI is InChI=1S/C13H21NO4/c1-10(2,3)17-9(16)12-4-11(5-12,8-15)18-13(12)6-14-7-13/h14-15H,4-8H2,1-3H3. The highest BCUT2D eigenvalue weighted by Crippen LogP contribution is 2.68. The number of nitrogens with one attached hydrogen (secondary N) is 1. The molecule has 0 aromatic heterocycles. The van der Waals surface area contributed by atoms with Gasteiger partial charge in [0.2, 0.25) is 0 Å². The fourth-order valence-electron chi connectivity index (χ4n) is 3.57. The van der Waals surface area contributed by atoms with Crippen LogP contribution in [0.2, 0.25) is 0 Å². The van der Waals surface area contributed by atoms with Crippen molar-refractivity contribution in [3.05, 3.63) is 0 Å². The minimum Gasteiger partial charge on any atom is -0.459 e. The second-order valence-electron chi connectivity index (χ2n) is 6.98. The Morgan fingerprint density at radius 1 is 1.39 bits per heavy atom. The fourth-order valence-corrected chi connectivity index (χ4v) is 3.57. The summed E-state index contributed by atoms with van der Waals surface area (Å²) in [5.41, 5.74) is -1.98. The summed E-state index contributed by atoms with van der Waals surface area (Å²) in [5, 5.41) is 12.6. The molecule has 1 saturated carbocycles. The molecule has 3 saturated heterocycles. The van der Waals surface area contributed by atoms with Crippen LogP contribution in [0, 0.1) is 5.41 Å². The molecule has 0 unspecified atom stereocenters. The van der Waals surface area contributed by atoms with Gasteiger partial charge in [0.1, 0.15) is 16.6 Å². The zero-order chi connectivity index (χ0) is 13.2. The van der Waals surface area contributed by atoms with E-state index in [9.17, 15) is 9.90 Å². The average Bonchev–Trinajstić information content (AvgIpc) is 2.59. The number of hydrogen-bond acceptors (Lipinski definition) is 5. The van der Waals surface area contributed by atoms with Crippen molar-refractivity contribution in [2.45, 2.75) is 50.4 Å². The van der Waals surface area contributed by atoms with Gasteiger partial charge in [-0.25, -0.2) is 0 Å². The van der Waals surface area contributed by atoms with E-state index in [-0.39, 0.29) is 12.6 Å². The van der Waals surface area contributed by atoms with Gasteiger partial charge < -0.3 is 19.9 Å². The minimum atomic E-state index is -0.547. The van der Waals surface area contributed by atoms with Crippen LogP contribution in [0.15, 0.2) is 0 Å². The molecule has 1 aliphatic carbocycles. The number of aliphatic hydroxyl groups excluding tert-OH is 1. The van der Waals surface area contributed by atoms with E-state index >= 15 is 0 Å².